The predicted octanol–water partition coefficient (Wildman–Crippen LogP) is 2.26. The van der Waals surface area contributed by atoms with Crippen molar-refractivity contribution in [1.29, 1.82) is 0 Å². The minimum absolute atomic E-state index is 0.779. The molecule has 2 heterocycles. The van der Waals surface area contributed by atoms with E-state index in [9.17, 15) is 0 Å². The lowest BCUT2D eigenvalue weighted by atomic mass is 10.1. The maximum atomic E-state index is 5.36. The molecule has 0 saturated carbocycles. The van der Waals surface area contributed by atoms with Crippen molar-refractivity contribution in [1.82, 2.24) is 19.9 Å². The van der Waals surface area contributed by atoms with Crippen molar-refractivity contribution in [2.24, 2.45) is 7.05 Å². The molecule has 0 aliphatic heterocycles. The maximum Gasteiger partial charge on any atom is 0.181 e. The molecule has 2 aromatic heterocycles. The van der Waals surface area contributed by atoms with Crippen molar-refractivity contribution in [2.45, 2.75) is 13.5 Å². The van der Waals surface area contributed by atoms with Crippen molar-refractivity contribution in [3.63, 3.8) is 0 Å². The second-order valence-corrected chi connectivity index (χ2v) is 4.58. The highest BCUT2D eigenvalue weighted by molar-refractivity contribution is 5.79. The number of imidazole rings is 1. The highest BCUT2D eigenvalue weighted by Gasteiger charge is 2.14. The molecule has 0 amide bonds. The summed E-state index contributed by atoms with van der Waals surface area (Å²) in [5.41, 5.74) is 4.87. The van der Waals surface area contributed by atoms with Gasteiger partial charge in [-0.1, -0.05) is 6.07 Å². The van der Waals surface area contributed by atoms with Crippen LogP contribution in [-0.4, -0.2) is 21.6 Å². The third-order valence-electron chi connectivity index (χ3n) is 3.39. The summed E-state index contributed by atoms with van der Waals surface area (Å²) in [6, 6.07) is 5.98. The lowest BCUT2D eigenvalue weighted by Gasteiger charge is -2.05. The van der Waals surface area contributed by atoms with Gasteiger partial charge in [-0.2, -0.15) is 0 Å². The summed E-state index contributed by atoms with van der Waals surface area (Å²) in [5, 5.41) is 3.18. The molecule has 0 bridgehead atoms. The SMILES string of the molecule is CNCc1c(-c2ccc3ncoc3c2)nc(C)n1C. The Labute approximate surface area is 111 Å². The van der Waals surface area contributed by atoms with E-state index in [0.29, 0.717) is 0 Å². The number of oxazole rings is 1. The summed E-state index contributed by atoms with van der Waals surface area (Å²) in [6.45, 7) is 2.79. The average molecular weight is 256 g/mol. The quantitative estimate of drug-likeness (QED) is 0.781. The van der Waals surface area contributed by atoms with Gasteiger partial charge in [0.15, 0.2) is 12.0 Å². The van der Waals surface area contributed by atoms with Crippen LogP contribution >= 0.6 is 0 Å². The van der Waals surface area contributed by atoms with E-state index in [2.05, 4.69) is 19.9 Å². The normalized spacial score (nSPS) is 11.3. The number of aromatic nitrogens is 3. The van der Waals surface area contributed by atoms with Crippen molar-refractivity contribution in [3.8, 4) is 11.3 Å². The fourth-order valence-corrected chi connectivity index (χ4v) is 2.26. The van der Waals surface area contributed by atoms with E-state index in [1.807, 2.05) is 39.2 Å². The highest BCUT2D eigenvalue weighted by Crippen LogP contribution is 2.26. The van der Waals surface area contributed by atoms with Gasteiger partial charge in [0.05, 0.1) is 11.4 Å². The number of hydrogen-bond acceptors (Lipinski definition) is 4. The van der Waals surface area contributed by atoms with Crippen molar-refractivity contribution < 1.29 is 4.42 Å². The summed E-state index contributed by atoms with van der Waals surface area (Å²) in [7, 11) is 3.97. The fraction of sp³-hybridized carbons (Fsp3) is 0.286. The molecule has 98 valence electrons. The first-order valence-corrected chi connectivity index (χ1v) is 6.21. The largest absolute Gasteiger partial charge is 0.443 e. The molecule has 5 nitrogen and oxygen atoms in total. The van der Waals surface area contributed by atoms with E-state index in [1.165, 1.54) is 12.1 Å². The van der Waals surface area contributed by atoms with Crippen LogP contribution in [0.2, 0.25) is 0 Å². The third kappa shape index (κ3) is 1.92. The molecule has 5 heteroatoms. The first kappa shape index (κ1) is 11.9. The Morgan fingerprint density at radius 1 is 1.37 bits per heavy atom. The molecule has 0 aliphatic rings. The average Bonchev–Trinajstić information content (AvgIpc) is 2.98. The Bertz CT molecular complexity index is 726. The molecule has 0 saturated heterocycles. The van der Waals surface area contributed by atoms with Crippen LogP contribution in [0.25, 0.3) is 22.4 Å². The molecule has 0 fully saturated rings. The number of fused-ring (bicyclic) bond motifs is 1. The smallest absolute Gasteiger partial charge is 0.181 e. The van der Waals surface area contributed by atoms with Crippen LogP contribution < -0.4 is 5.32 Å². The third-order valence-corrected chi connectivity index (χ3v) is 3.39. The second-order valence-electron chi connectivity index (χ2n) is 4.58. The first-order valence-electron chi connectivity index (χ1n) is 6.21. The van der Waals surface area contributed by atoms with E-state index >= 15 is 0 Å². The maximum absolute atomic E-state index is 5.36. The van der Waals surface area contributed by atoms with Gasteiger partial charge < -0.3 is 14.3 Å². The molecule has 3 aromatic rings. The zero-order chi connectivity index (χ0) is 13.4. The van der Waals surface area contributed by atoms with Crippen LogP contribution in [0.5, 0.6) is 0 Å². The summed E-state index contributed by atoms with van der Waals surface area (Å²) < 4.78 is 7.46. The summed E-state index contributed by atoms with van der Waals surface area (Å²) >= 11 is 0. The fourth-order valence-electron chi connectivity index (χ4n) is 2.26. The highest BCUT2D eigenvalue weighted by atomic mass is 16.3. The molecule has 0 radical (unpaired) electrons. The molecule has 0 aliphatic carbocycles. The Kier molecular flexibility index (Phi) is 2.83. The molecule has 1 aromatic carbocycles. The number of rotatable bonds is 3. The summed E-state index contributed by atoms with van der Waals surface area (Å²) in [5.74, 6) is 0.998. The number of nitrogens with one attached hydrogen (secondary N) is 1. The van der Waals surface area contributed by atoms with Crippen LogP contribution in [0.4, 0.5) is 0 Å². The monoisotopic (exact) mass is 256 g/mol. The van der Waals surface area contributed by atoms with Gasteiger partial charge in [0.1, 0.15) is 11.3 Å². The Balaban J connectivity index is 2.17. The predicted molar refractivity (Wildman–Crippen MR) is 73.7 cm³/mol. The molecule has 1 N–H and O–H groups in total. The van der Waals surface area contributed by atoms with Crippen LogP contribution in [0.3, 0.4) is 0 Å². The van der Waals surface area contributed by atoms with E-state index in [-0.39, 0.29) is 0 Å². The van der Waals surface area contributed by atoms with E-state index in [0.717, 1.165) is 34.7 Å². The van der Waals surface area contributed by atoms with E-state index < -0.39 is 0 Å². The molecule has 19 heavy (non-hydrogen) atoms. The molecule has 0 atom stereocenters. The minimum Gasteiger partial charge on any atom is -0.443 e. The first-order chi connectivity index (χ1) is 9.20. The van der Waals surface area contributed by atoms with E-state index in [1.54, 1.807) is 0 Å². The standard InChI is InChI=1S/C14H16N4O/c1-9-17-14(12(7-15-2)18(9)3)10-4-5-11-13(6-10)19-8-16-11/h4-6,8,15H,7H2,1-3H3. The second kappa shape index (κ2) is 4.51. The number of aryl methyl sites for hydroxylation is 1. The van der Waals surface area contributed by atoms with Gasteiger partial charge in [-0.3, -0.25) is 0 Å². The van der Waals surface area contributed by atoms with Crippen molar-refractivity contribution >= 4 is 11.1 Å². The van der Waals surface area contributed by atoms with Crippen LogP contribution in [0, 0.1) is 6.92 Å². The zero-order valence-electron chi connectivity index (χ0n) is 11.3. The number of nitrogens with zero attached hydrogens (tertiary/aromatic N) is 3. The zero-order valence-corrected chi connectivity index (χ0v) is 11.3. The van der Waals surface area contributed by atoms with Gasteiger partial charge in [0, 0.05) is 19.2 Å². The topological polar surface area (TPSA) is 55.9 Å². The minimum atomic E-state index is 0.779. The lowest BCUT2D eigenvalue weighted by molar-refractivity contribution is 0.602. The number of benzene rings is 1. The van der Waals surface area contributed by atoms with Crippen molar-refractivity contribution in [2.75, 3.05) is 7.05 Å². The molecule has 0 unspecified atom stereocenters. The van der Waals surface area contributed by atoms with Crippen LogP contribution in [-0.2, 0) is 13.6 Å². The van der Waals surface area contributed by atoms with E-state index in [4.69, 9.17) is 4.42 Å². The Morgan fingerprint density at radius 2 is 2.21 bits per heavy atom. The van der Waals surface area contributed by atoms with Gasteiger partial charge in [0.25, 0.3) is 0 Å². The van der Waals surface area contributed by atoms with Crippen LogP contribution in [0.15, 0.2) is 29.0 Å². The number of hydrogen-bond donors (Lipinski definition) is 1. The lowest BCUT2D eigenvalue weighted by Crippen LogP contribution is -2.10. The summed E-state index contributed by atoms with van der Waals surface area (Å²) in [4.78, 5) is 8.78. The van der Waals surface area contributed by atoms with Gasteiger partial charge in [0.2, 0.25) is 0 Å². The Hall–Kier alpha value is -2.14. The molecule has 0 spiro atoms. The molecular formula is C14H16N4O. The van der Waals surface area contributed by atoms with Gasteiger partial charge in [-0.15, -0.1) is 0 Å². The molecular weight excluding hydrogens is 240 g/mol. The van der Waals surface area contributed by atoms with Gasteiger partial charge in [-0.25, -0.2) is 9.97 Å². The van der Waals surface area contributed by atoms with Crippen molar-refractivity contribution in [3.05, 3.63) is 36.1 Å². The van der Waals surface area contributed by atoms with Gasteiger partial charge >= 0.3 is 0 Å². The van der Waals surface area contributed by atoms with Crippen LogP contribution in [0.1, 0.15) is 11.5 Å². The molecule has 3 rings (SSSR count). The summed E-state index contributed by atoms with van der Waals surface area (Å²) in [6.07, 6.45) is 1.46. The van der Waals surface area contributed by atoms with Gasteiger partial charge in [-0.05, 0) is 26.1 Å². The Morgan fingerprint density at radius 3 is 3.00 bits per heavy atom.